The monoisotopic (exact) mass is 283 g/mol. The second kappa shape index (κ2) is 5.82. The molecule has 1 N–H and O–H groups in total. The summed E-state index contributed by atoms with van der Waals surface area (Å²) < 4.78 is 5.99. The maximum atomic E-state index is 5.99. The van der Waals surface area contributed by atoms with Crippen molar-refractivity contribution in [3.05, 3.63) is 52.6 Å². The van der Waals surface area contributed by atoms with E-state index in [0.717, 1.165) is 42.3 Å². The van der Waals surface area contributed by atoms with Crippen molar-refractivity contribution in [2.24, 2.45) is 0 Å². The Hall–Kier alpha value is -1.94. The van der Waals surface area contributed by atoms with E-state index in [4.69, 9.17) is 4.74 Å². The van der Waals surface area contributed by atoms with Crippen molar-refractivity contribution < 1.29 is 4.74 Å². The first-order valence-electron chi connectivity index (χ1n) is 7.42. The zero-order valence-corrected chi connectivity index (χ0v) is 12.8. The number of benzene rings is 1. The zero-order chi connectivity index (χ0) is 14.8. The van der Waals surface area contributed by atoms with Crippen molar-refractivity contribution in [1.29, 1.82) is 0 Å². The third-order valence-electron chi connectivity index (χ3n) is 4.00. The van der Waals surface area contributed by atoms with E-state index in [9.17, 15) is 0 Å². The molecule has 1 aromatic heterocycles. The molecule has 4 heteroatoms. The Morgan fingerprint density at radius 3 is 2.57 bits per heavy atom. The number of aryl methyl sites for hydroxylation is 2. The fourth-order valence-corrected chi connectivity index (χ4v) is 2.85. The number of hydrogen-bond donors (Lipinski definition) is 1. The number of nitrogens with one attached hydrogen (secondary N) is 1. The van der Waals surface area contributed by atoms with E-state index in [-0.39, 0.29) is 6.10 Å². The molecule has 1 aliphatic rings. The van der Waals surface area contributed by atoms with Crippen molar-refractivity contribution in [3.63, 3.8) is 0 Å². The first-order valence-corrected chi connectivity index (χ1v) is 7.42. The van der Waals surface area contributed by atoms with E-state index in [1.54, 1.807) is 0 Å². The lowest BCUT2D eigenvalue weighted by molar-refractivity contribution is 0.227. The Kier molecular flexibility index (Phi) is 3.88. The van der Waals surface area contributed by atoms with Gasteiger partial charge < -0.3 is 10.1 Å². The molecule has 1 aliphatic heterocycles. The van der Waals surface area contributed by atoms with E-state index in [2.05, 4.69) is 35.2 Å². The van der Waals surface area contributed by atoms with Gasteiger partial charge in [0.2, 0.25) is 0 Å². The average molecular weight is 283 g/mol. The van der Waals surface area contributed by atoms with Gasteiger partial charge in [-0.25, -0.2) is 9.97 Å². The summed E-state index contributed by atoms with van der Waals surface area (Å²) in [7, 11) is 1.96. The molecule has 110 valence electrons. The largest absolute Gasteiger partial charge is 0.482 e. The minimum absolute atomic E-state index is 0.0573. The number of para-hydroxylation sites is 1. The standard InChI is InChI=1S/C17H21N3O/c1-11-14(8-9-18-3)12(2)20-17(19-11)16-10-13-6-4-5-7-15(13)21-16/h4-7,16,18H,8-10H2,1-3H3. The molecule has 0 saturated heterocycles. The van der Waals surface area contributed by atoms with Gasteiger partial charge in [0.15, 0.2) is 11.9 Å². The van der Waals surface area contributed by atoms with Gasteiger partial charge in [0.05, 0.1) is 0 Å². The number of likely N-dealkylation sites (N-methyl/N-ethyl adjacent to an activating group) is 1. The second-order valence-corrected chi connectivity index (χ2v) is 5.50. The van der Waals surface area contributed by atoms with Gasteiger partial charge in [-0.05, 0) is 51.1 Å². The molecule has 0 fully saturated rings. The van der Waals surface area contributed by atoms with Gasteiger partial charge in [-0.3, -0.25) is 0 Å². The maximum absolute atomic E-state index is 5.99. The number of nitrogens with zero attached hydrogens (tertiary/aromatic N) is 2. The van der Waals surface area contributed by atoms with E-state index in [0.29, 0.717) is 0 Å². The van der Waals surface area contributed by atoms with Crippen LogP contribution in [-0.4, -0.2) is 23.6 Å². The number of aromatic nitrogens is 2. The van der Waals surface area contributed by atoms with Crippen LogP contribution in [0.1, 0.15) is 34.4 Å². The zero-order valence-electron chi connectivity index (χ0n) is 12.8. The average Bonchev–Trinajstić information content (AvgIpc) is 2.90. The first-order chi connectivity index (χ1) is 10.2. The lowest BCUT2D eigenvalue weighted by Crippen LogP contribution is -2.16. The summed E-state index contributed by atoms with van der Waals surface area (Å²) in [6.45, 7) is 5.06. The van der Waals surface area contributed by atoms with Gasteiger partial charge in [0.1, 0.15) is 5.75 Å². The highest BCUT2D eigenvalue weighted by molar-refractivity contribution is 5.38. The molecule has 0 aliphatic carbocycles. The lowest BCUT2D eigenvalue weighted by Gasteiger charge is -2.14. The van der Waals surface area contributed by atoms with Crippen LogP contribution in [0.4, 0.5) is 0 Å². The second-order valence-electron chi connectivity index (χ2n) is 5.50. The van der Waals surface area contributed by atoms with E-state index in [1.807, 2.05) is 25.2 Å². The van der Waals surface area contributed by atoms with Crippen LogP contribution in [0.15, 0.2) is 24.3 Å². The minimum atomic E-state index is -0.0573. The molecule has 2 aromatic rings. The smallest absolute Gasteiger partial charge is 0.170 e. The molecule has 21 heavy (non-hydrogen) atoms. The van der Waals surface area contributed by atoms with Gasteiger partial charge in [-0.2, -0.15) is 0 Å². The van der Waals surface area contributed by atoms with Crippen LogP contribution in [0, 0.1) is 13.8 Å². The van der Waals surface area contributed by atoms with Gasteiger partial charge in [-0.1, -0.05) is 18.2 Å². The number of fused-ring (bicyclic) bond motifs is 1. The highest BCUT2D eigenvalue weighted by Crippen LogP contribution is 2.35. The molecule has 0 amide bonds. The molecular formula is C17H21N3O. The first kappa shape index (κ1) is 14.0. The van der Waals surface area contributed by atoms with Crippen molar-refractivity contribution in [2.45, 2.75) is 32.8 Å². The Labute approximate surface area is 125 Å². The van der Waals surface area contributed by atoms with Gasteiger partial charge in [-0.15, -0.1) is 0 Å². The summed E-state index contributed by atoms with van der Waals surface area (Å²) >= 11 is 0. The predicted octanol–water partition coefficient (Wildman–Crippen LogP) is 2.53. The summed E-state index contributed by atoms with van der Waals surface area (Å²) in [4.78, 5) is 9.38. The van der Waals surface area contributed by atoms with Gasteiger partial charge >= 0.3 is 0 Å². The third-order valence-corrected chi connectivity index (χ3v) is 4.00. The molecule has 0 radical (unpaired) electrons. The Morgan fingerprint density at radius 2 is 1.90 bits per heavy atom. The fraction of sp³-hybridized carbons (Fsp3) is 0.412. The molecule has 0 spiro atoms. The van der Waals surface area contributed by atoms with Crippen molar-refractivity contribution in [3.8, 4) is 5.75 Å². The molecule has 0 saturated carbocycles. The molecule has 4 nitrogen and oxygen atoms in total. The Bertz CT molecular complexity index is 606. The van der Waals surface area contributed by atoms with Crippen molar-refractivity contribution in [2.75, 3.05) is 13.6 Å². The van der Waals surface area contributed by atoms with Crippen LogP contribution in [0.3, 0.4) is 0 Å². The lowest BCUT2D eigenvalue weighted by atomic mass is 10.1. The molecule has 2 heterocycles. The summed E-state index contributed by atoms with van der Waals surface area (Å²) in [6, 6.07) is 8.16. The molecule has 1 aromatic carbocycles. The highest BCUT2D eigenvalue weighted by atomic mass is 16.5. The van der Waals surface area contributed by atoms with Crippen LogP contribution in [-0.2, 0) is 12.8 Å². The number of ether oxygens (including phenoxy) is 1. The van der Waals surface area contributed by atoms with Crippen LogP contribution < -0.4 is 10.1 Å². The number of hydrogen-bond acceptors (Lipinski definition) is 4. The minimum Gasteiger partial charge on any atom is -0.482 e. The maximum Gasteiger partial charge on any atom is 0.170 e. The van der Waals surface area contributed by atoms with Gasteiger partial charge in [0, 0.05) is 17.8 Å². The Morgan fingerprint density at radius 1 is 1.19 bits per heavy atom. The van der Waals surface area contributed by atoms with Gasteiger partial charge in [0.25, 0.3) is 0 Å². The topological polar surface area (TPSA) is 47.0 Å². The highest BCUT2D eigenvalue weighted by Gasteiger charge is 2.27. The molecule has 0 bridgehead atoms. The third kappa shape index (κ3) is 2.76. The van der Waals surface area contributed by atoms with E-state index in [1.165, 1.54) is 11.1 Å². The normalized spacial score (nSPS) is 16.6. The van der Waals surface area contributed by atoms with Crippen LogP contribution in [0.2, 0.25) is 0 Å². The van der Waals surface area contributed by atoms with E-state index >= 15 is 0 Å². The summed E-state index contributed by atoms with van der Waals surface area (Å²) in [5.41, 5.74) is 4.60. The predicted molar refractivity (Wildman–Crippen MR) is 82.7 cm³/mol. The molecule has 1 unspecified atom stereocenters. The van der Waals surface area contributed by atoms with Crippen LogP contribution in [0.25, 0.3) is 0 Å². The van der Waals surface area contributed by atoms with Crippen molar-refractivity contribution in [1.82, 2.24) is 15.3 Å². The summed E-state index contributed by atoms with van der Waals surface area (Å²) in [5.74, 6) is 1.76. The fourth-order valence-electron chi connectivity index (χ4n) is 2.85. The van der Waals surface area contributed by atoms with Crippen LogP contribution in [0.5, 0.6) is 5.75 Å². The van der Waals surface area contributed by atoms with E-state index < -0.39 is 0 Å². The molecular weight excluding hydrogens is 262 g/mol. The summed E-state index contributed by atoms with van der Waals surface area (Å²) in [5, 5.41) is 3.17. The molecule has 1 atom stereocenters. The summed E-state index contributed by atoms with van der Waals surface area (Å²) in [6.07, 6.45) is 1.75. The van der Waals surface area contributed by atoms with Crippen LogP contribution >= 0.6 is 0 Å². The number of rotatable bonds is 4. The van der Waals surface area contributed by atoms with Crippen molar-refractivity contribution >= 4 is 0 Å². The quantitative estimate of drug-likeness (QED) is 0.936. The Balaban J connectivity index is 1.85. The molecule has 3 rings (SSSR count). The SMILES string of the molecule is CNCCc1c(C)nc(C2Cc3ccccc3O2)nc1C.